The molecule has 0 atom stereocenters. The average molecular weight is 371 g/mol. The van der Waals surface area contributed by atoms with Gasteiger partial charge in [-0.25, -0.2) is 0 Å². The Balaban J connectivity index is 1.60. The Morgan fingerprint density at radius 1 is 0.517 bits per heavy atom. The lowest BCUT2D eigenvalue weighted by molar-refractivity contribution is 1.28. The van der Waals surface area contributed by atoms with E-state index in [2.05, 4.69) is 95.8 Å². The maximum absolute atomic E-state index is 5.42. The van der Waals surface area contributed by atoms with E-state index in [1.165, 1.54) is 0 Å². The maximum Gasteiger partial charge on any atom is 0.0462 e. The largest absolute Gasteiger partial charge is 0.311 e. The van der Waals surface area contributed by atoms with Gasteiger partial charge in [0.1, 0.15) is 0 Å². The van der Waals surface area contributed by atoms with E-state index >= 15 is 0 Å². The molecule has 0 spiro atoms. The van der Waals surface area contributed by atoms with Crippen LogP contribution in [0.15, 0.2) is 109 Å². The second-order valence-corrected chi connectivity index (χ2v) is 6.70. The minimum Gasteiger partial charge on any atom is -0.311 e. The average Bonchev–Trinajstić information content (AvgIpc) is 2.80. The molecule has 0 saturated heterocycles. The number of nitrogens with zero attached hydrogens (tertiary/aromatic N) is 1. The molecule has 0 bridgehead atoms. The number of rotatable bonds is 5. The third kappa shape index (κ3) is 4.46. The number of hydrogen-bond acceptors (Lipinski definition) is 1. The van der Waals surface area contributed by atoms with Gasteiger partial charge >= 0.3 is 0 Å². The highest BCUT2D eigenvalue weighted by atomic mass is 15.1. The monoisotopic (exact) mass is 371 g/mol. The summed E-state index contributed by atoms with van der Waals surface area (Å²) in [5.74, 6) is 2.64. The lowest BCUT2D eigenvalue weighted by atomic mass is 10.1. The number of para-hydroxylation sites is 2. The molecule has 0 aromatic heterocycles. The SMILES string of the molecule is C#Cc1ccc(/C=C/c2ccc(N(c3ccccc3)c3ccccc3)cc2)cc1. The molecule has 0 saturated carbocycles. The zero-order valence-electron chi connectivity index (χ0n) is 16.1. The van der Waals surface area contributed by atoms with Crippen molar-refractivity contribution in [1.82, 2.24) is 0 Å². The summed E-state index contributed by atoms with van der Waals surface area (Å²) in [6.45, 7) is 0. The van der Waals surface area contributed by atoms with Gasteiger partial charge in [-0.1, -0.05) is 78.7 Å². The molecule has 4 rings (SSSR count). The molecule has 138 valence electrons. The lowest BCUT2D eigenvalue weighted by Gasteiger charge is -2.25. The van der Waals surface area contributed by atoms with Gasteiger partial charge in [-0.15, -0.1) is 6.42 Å². The van der Waals surface area contributed by atoms with E-state index in [0.29, 0.717) is 0 Å². The zero-order valence-corrected chi connectivity index (χ0v) is 16.1. The molecule has 4 aromatic carbocycles. The van der Waals surface area contributed by atoms with Crippen molar-refractivity contribution in [2.24, 2.45) is 0 Å². The van der Waals surface area contributed by atoms with Crippen LogP contribution in [0, 0.1) is 12.3 Å². The third-order valence-electron chi connectivity index (χ3n) is 4.73. The van der Waals surface area contributed by atoms with Gasteiger partial charge in [0.15, 0.2) is 0 Å². The van der Waals surface area contributed by atoms with E-state index in [-0.39, 0.29) is 0 Å². The smallest absolute Gasteiger partial charge is 0.0462 e. The number of terminal acetylenes is 1. The predicted octanol–water partition coefficient (Wildman–Crippen LogP) is 7.31. The van der Waals surface area contributed by atoms with Gasteiger partial charge in [0, 0.05) is 22.6 Å². The van der Waals surface area contributed by atoms with E-state index in [4.69, 9.17) is 6.42 Å². The van der Waals surface area contributed by atoms with Crippen LogP contribution < -0.4 is 4.90 Å². The third-order valence-corrected chi connectivity index (χ3v) is 4.73. The van der Waals surface area contributed by atoms with Crippen LogP contribution in [0.3, 0.4) is 0 Å². The molecule has 4 aromatic rings. The normalized spacial score (nSPS) is 10.6. The lowest BCUT2D eigenvalue weighted by Crippen LogP contribution is -2.09. The molecule has 1 nitrogen and oxygen atoms in total. The van der Waals surface area contributed by atoms with Gasteiger partial charge in [-0.2, -0.15) is 0 Å². The Labute approximate surface area is 172 Å². The number of benzene rings is 4. The van der Waals surface area contributed by atoms with Crippen molar-refractivity contribution in [1.29, 1.82) is 0 Å². The van der Waals surface area contributed by atoms with Crippen molar-refractivity contribution in [3.8, 4) is 12.3 Å². The summed E-state index contributed by atoms with van der Waals surface area (Å²) in [5.41, 5.74) is 6.57. The fraction of sp³-hybridized carbons (Fsp3) is 0. The first kappa shape index (κ1) is 18.3. The summed E-state index contributed by atoms with van der Waals surface area (Å²) >= 11 is 0. The Morgan fingerprint density at radius 3 is 1.38 bits per heavy atom. The molecule has 0 heterocycles. The van der Waals surface area contributed by atoms with Crippen molar-refractivity contribution in [2.45, 2.75) is 0 Å². The summed E-state index contributed by atoms with van der Waals surface area (Å²) in [6.07, 6.45) is 9.63. The fourth-order valence-corrected chi connectivity index (χ4v) is 3.22. The second kappa shape index (κ2) is 8.78. The van der Waals surface area contributed by atoms with Crippen molar-refractivity contribution in [3.05, 3.63) is 126 Å². The summed E-state index contributed by atoms with van der Waals surface area (Å²) in [6, 6.07) is 37.4. The van der Waals surface area contributed by atoms with Crippen molar-refractivity contribution in [2.75, 3.05) is 4.90 Å². The van der Waals surface area contributed by atoms with Gasteiger partial charge < -0.3 is 4.90 Å². The van der Waals surface area contributed by atoms with Gasteiger partial charge in [-0.3, -0.25) is 0 Å². The first-order valence-electron chi connectivity index (χ1n) is 9.58. The summed E-state index contributed by atoms with van der Waals surface area (Å²) in [5, 5.41) is 0. The second-order valence-electron chi connectivity index (χ2n) is 6.70. The standard InChI is InChI=1S/C28H21N/c1-2-23-13-15-24(16-14-23)17-18-25-19-21-28(22-20-25)29(26-9-5-3-6-10-26)27-11-7-4-8-12-27/h1,3-22H/b18-17+. The quantitative estimate of drug-likeness (QED) is 0.263. The Morgan fingerprint density at radius 2 is 0.931 bits per heavy atom. The van der Waals surface area contributed by atoms with Crippen LogP contribution in [0.2, 0.25) is 0 Å². The molecule has 0 aliphatic heterocycles. The Bertz CT molecular complexity index is 1080. The molecule has 0 fully saturated rings. The summed E-state index contributed by atoms with van der Waals surface area (Å²) in [4.78, 5) is 2.26. The first-order chi connectivity index (χ1) is 14.3. The van der Waals surface area contributed by atoms with E-state index in [0.717, 1.165) is 33.8 Å². The number of anilines is 3. The zero-order chi connectivity index (χ0) is 19.9. The predicted molar refractivity (Wildman–Crippen MR) is 124 cm³/mol. The van der Waals surface area contributed by atoms with Crippen LogP contribution >= 0.6 is 0 Å². The molecule has 0 aliphatic rings. The molecular formula is C28H21N. The molecule has 1 heteroatoms. The maximum atomic E-state index is 5.42. The number of hydrogen-bond donors (Lipinski definition) is 0. The highest BCUT2D eigenvalue weighted by molar-refractivity contribution is 5.78. The molecule has 0 amide bonds. The van der Waals surface area contributed by atoms with Crippen molar-refractivity contribution < 1.29 is 0 Å². The molecule has 0 N–H and O–H groups in total. The highest BCUT2D eigenvalue weighted by Gasteiger charge is 2.11. The van der Waals surface area contributed by atoms with E-state index in [1.54, 1.807) is 0 Å². The van der Waals surface area contributed by atoms with Crippen molar-refractivity contribution in [3.63, 3.8) is 0 Å². The molecular weight excluding hydrogens is 350 g/mol. The van der Waals surface area contributed by atoms with Crippen LogP contribution in [0.5, 0.6) is 0 Å². The molecule has 0 aliphatic carbocycles. The van der Waals surface area contributed by atoms with Crippen LogP contribution in [-0.4, -0.2) is 0 Å². The van der Waals surface area contributed by atoms with E-state index in [9.17, 15) is 0 Å². The van der Waals surface area contributed by atoms with Crippen LogP contribution in [-0.2, 0) is 0 Å². The minimum atomic E-state index is 0.897. The minimum absolute atomic E-state index is 0.897. The Hall–Kier alpha value is -4.02. The van der Waals surface area contributed by atoms with Crippen LogP contribution in [0.25, 0.3) is 12.2 Å². The van der Waals surface area contributed by atoms with Gasteiger partial charge in [-0.05, 0) is 59.7 Å². The first-order valence-corrected chi connectivity index (χ1v) is 9.58. The van der Waals surface area contributed by atoms with Crippen LogP contribution in [0.4, 0.5) is 17.1 Å². The van der Waals surface area contributed by atoms with Gasteiger partial charge in [0.25, 0.3) is 0 Å². The highest BCUT2D eigenvalue weighted by Crippen LogP contribution is 2.34. The molecule has 29 heavy (non-hydrogen) atoms. The molecule has 0 unspecified atom stereocenters. The fourth-order valence-electron chi connectivity index (χ4n) is 3.22. The summed E-state index contributed by atoms with van der Waals surface area (Å²) < 4.78 is 0. The molecule has 0 radical (unpaired) electrons. The van der Waals surface area contributed by atoms with Crippen molar-refractivity contribution >= 4 is 29.2 Å². The van der Waals surface area contributed by atoms with Gasteiger partial charge in [0.2, 0.25) is 0 Å². The summed E-state index contributed by atoms with van der Waals surface area (Å²) in [7, 11) is 0. The van der Waals surface area contributed by atoms with E-state index < -0.39 is 0 Å². The van der Waals surface area contributed by atoms with Gasteiger partial charge in [0.05, 0.1) is 0 Å². The topological polar surface area (TPSA) is 3.24 Å². The van der Waals surface area contributed by atoms with Crippen LogP contribution in [0.1, 0.15) is 16.7 Å². The Kier molecular flexibility index (Phi) is 5.55. The van der Waals surface area contributed by atoms with E-state index in [1.807, 2.05) is 36.4 Å².